The van der Waals surface area contributed by atoms with E-state index in [2.05, 4.69) is 11.8 Å². The van der Waals surface area contributed by atoms with Crippen LogP contribution in [-0.4, -0.2) is 5.11 Å². The molecule has 0 radical (unpaired) electrons. The van der Waals surface area contributed by atoms with Gasteiger partial charge >= 0.3 is 0 Å². The second-order valence-corrected chi connectivity index (χ2v) is 5.21. The molecule has 0 aliphatic rings. The minimum absolute atomic E-state index is 0.184. The van der Waals surface area contributed by atoms with Crippen LogP contribution in [0, 0.1) is 17.7 Å². The minimum Gasteiger partial charge on any atom is -0.508 e. The number of phenols is 1. The summed E-state index contributed by atoms with van der Waals surface area (Å²) in [6.07, 6.45) is 0. The fourth-order valence-corrected chi connectivity index (χ4v) is 2.36. The van der Waals surface area contributed by atoms with Crippen molar-refractivity contribution >= 4 is 0 Å². The maximum Gasteiger partial charge on any atom is 0.123 e. The molecular formula is C21H15FO. The molecule has 1 N–H and O–H groups in total. The van der Waals surface area contributed by atoms with Gasteiger partial charge in [0.05, 0.1) is 5.92 Å². The van der Waals surface area contributed by atoms with Gasteiger partial charge in [0.25, 0.3) is 0 Å². The molecule has 0 aromatic heterocycles. The summed E-state index contributed by atoms with van der Waals surface area (Å²) in [7, 11) is 0. The summed E-state index contributed by atoms with van der Waals surface area (Å²) in [4.78, 5) is 0. The van der Waals surface area contributed by atoms with E-state index >= 15 is 0 Å². The van der Waals surface area contributed by atoms with Crippen molar-refractivity contribution < 1.29 is 9.50 Å². The number of benzene rings is 3. The summed E-state index contributed by atoms with van der Waals surface area (Å²) in [5.74, 6) is 6.18. The molecule has 1 atom stereocenters. The number of aromatic hydroxyl groups is 1. The van der Waals surface area contributed by atoms with Crippen LogP contribution < -0.4 is 0 Å². The third kappa shape index (κ3) is 3.78. The van der Waals surface area contributed by atoms with Gasteiger partial charge < -0.3 is 5.11 Å². The Labute approximate surface area is 135 Å². The van der Waals surface area contributed by atoms with Crippen molar-refractivity contribution in [1.82, 2.24) is 0 Å². The van der Waals surface area contributed by atoms with Crippen LogP contribution in [0.15, 0.2) is 78.9 Å². The number of hydrogen-bond acceptors (Lipinski definition) is 1. The predicted octanol–water partition coefficient (Wildman–Crippen LogP) is 4.71. The second kappa shape index (κ2) is 6.81. The molecule has 2 heteroatoms. The second-order valence-electron chi connectivity index (χ2n) is 5.21. The Kier molecular flexibility index (Phi) is 4.40. The monoisotopic (exact) mass is 302 g/mol. The first-order valence-corrected chi connectivity index (χ1v) is 7.33. The van der Waals surface area contributed by atoms with Crippen molar-refractivity contribution in [3.63, 3.8) is 0 Å². The molecular weight excluding hydrogens is 287 g/mol. The molecule has 3 aromatic rings. The molecule has 0 amide bonds. The predicted molar refractivity (Wildman–Crippen MR) is 89.7 cm³/mol. The van der Waals surface area contributed by atoms with Crippen molar-refractivity contribution in [3.8, 4) is 17.6 Å². The maximum absolute atomic E-state index is 13.2. The normalized spacial score (nSPS) is 11.3. The van der Waals surface area contributed by atoms with Crippen LogP contribution in [0.25, 0.3) is 0 Å². The molecule has 0 aliphatic carbocycles. The van der Waals surface area contributed by atoms with Crippen molar-refractivity contribution in [2.45, 2.75) is 5.92 Å². The Morgan fingerprint density at radius 3 is 1.91 bits per heavy atom. The van der Waals surface area contributed by atoms with Gasteiger partial charge in [-0.15, -0.1) is 0 Å². The Balaban J connectivity index is 2.01. The highest BCUT2D eigenvalue weighted by Crippen LogP contribution is 2.26. The van der Waals surface area contributed by atoms with Crippen LogP contribution in [0.5, 0.6) is 5.75 Å². The topological polar surface area (TPSA) is 20.2 Å². The zero-order chi connectivity index (χ0) is 16.1. The fourth-order valence-electron chi connectivity index (χ4n) is 2.36. The van der Waals surface area contributed by atoms with E-state index in [4.69, 9.17) is 0 Å². The number of rotatable bonds is 2. The highest BCUT2D eigenvalue weighted by Gasteiger charge is 2.11. The Bertz CT molecular complexity index is 780. The smallest absolute Gasteiger partial charge is 0.123 e. The lowest BCUT2D eigenvalue weighted by molar-refractivity contribution is 0.475. The summed E-state index contributed by atoms with van der Waals surface area (Å²) in [5, 5.41) is 9.47. The summed E-state index contributed by atoms with van der Waals surface area (Å²) in [6, 6.07) is 23.0. The maximum atomic E-state index is 13.2. The lowest BCUT2D eigenvalue weighted by atomic mass is 9.91. The summed E-state index contributed by atoms with van der Waals surface area (Å²) >= 11 is 0. The van der Waals surface area contributed by atoms with E-state index in [1.165, 1.54) is 12.1 Å². The molecule has 3 aromatic carbocycles. The van der Waals surface area contributed by atoms with Crippen LogP contribution in [0.2, 0.25) is 0 Å². The van der Waals surface area contributed by atoms with Crippen LogP contribution in [0.3, 0.4) is 0 Å². The molecule has 3 rings (SSSR count). The average molecular weight is 302 g/mol. The molecule has 0 heterocycles. The zero-order valence-electron chi connectivity index (χ0n) is 12.4. The highest BCUT2D eigenvalue weighted by atomic mass is 19.1. The van der Waals surface area contributed by atoms with Gasteiger partial charge in [-0.3, -0.25) is 0 Å². The van der Waals surface area contributed by atoms with Gasteiger partial charge in [0.15, 0.2) is 0 Å². The fraction of sp³-hybridized carbons (Fsp3) is 0.0476. The molecule has 0 aliphatic heterocycles. The third-order valence-corrected chi connectivity index (χ3v) is 3.56. The van der Waals surface area contributed by atoms with Crippen molar-refractivity contribution in [2.75, 3.05) is 0 Å². The van der Waals surface area contributed by atoms with Gasteiger partial charge in [0.2, 0.25) is 0 Å². The lowest BCUT2D eigenvalue weighted by Crippen LogP contribution is -1.98. The van der Waals surface area contributed by atoms with Gasteiger partial charge in [0, 0.05) is 5.56 Å². The zero-order valence-corrected chi connectivity index (χ0v) is 12.4. The van der Waals surface area contributed by atoms with Crippen LogP contribution in [-0.2, 0) is 0 Å². The molecule has 0 saturated carbocycles. The summed E-state index contributed by atoms with van der Waals surface area (Å²) in [5.41, 5.74) is 2.80. The number of phenolic OH excluding ortho intramolecular Hbond substituents is 1. The van der Waals surface area contributed by atoms with Crippen LogP contribution >= 0.6 is 0 Å². The highest BCUT2D eigenvalue weighted by molar-refractivity contribution is 5.45. The Morgan fingerprint density at radius 1 is 0.739 bits per heavy atom. The molecule has 0 saturated heterocycles. The largest absolute Gasteiger partial charge is 0.508 e. The van der Waals surface area contributed by atoms with Gasteiger partial charge in [-0.2, -0.15) is 0 Å². The van der Waals surface area contributed by atoms with Crippen molar-refractivity contribution in [1.29, 1.82) is 0 Å². The molecule has 112 valence electrons. The van der Waals surface area contributed by atoms with Gasteiger partial charge in [0.1, 0.15) is 11.6 Å². The quantitative estimate of drug-likeness (QED) is 0.679. The minimum atomic E-state index is -0.269. The van der Waals surface area contributed by atoms with Gasteiger partial charge in [-0.1, -0.05) is 54.3 Å². The van der Waals surface area contributed by atoms with Crippen LogP contribution in [0.1, 0.15) is 22.6 Å². The number of halogens is 1. The first-order chi connectivity index (χ1) is 11.2. The van der Waals surface area contributed by atoms with E-state index in [-0.39, 0.29) is 17.5 Å². The van der Waals surface area contributed by atoms with Crippen LogP contribution in [0.4, 0.5) is 4.39 Å². The standard InChI is InChI=1S/C21H15FO/c22-19-11-7-17(8-12-19)21(18-9-13-20(23)14-10-18)15-6-16-4-2-1-3-5-16/h1-5,7-14,21,23H. The van der Waals surface area contributed by atoms with E-state index in [0.717, 1.165) is 16.7 Å². The Morgan fingerprint density at radius 2 is 1.30 bits per heavy atom. The van der Waals surface area contributed by atoms with Crippen molar-refractivity contribution in [3.05, 3.63) is 101 Å². The summed E-state index contributed by atoms with van der Waals surface area (Å²) < 4.78 is 13.2. The summed E-state index contributed by atoms with van der Waals surface area (Å²) in [6.45, 7) is 0. The van der Waals surface area contributed by atoms with E-state index in [1.54, 1.807) is 24.3 Å². The molecule has 1 nitrogen and oxygen atoms in total. The molecule has 0 spiro atoms. The number of hydrogen-bond donors (Lipinski definition) is 1. The average Bonchev–Trinajstić information content (AvgIpc) is 2.59. The SMILES string of the molecule is Oc1ccc(C(C#Cc2ccccc2)c2ccc(F)cc2)cc1. The van der Waals surface area contributed by atoms with E-state index in [9.17, 15) is 9.50 Å². The first kappa shape index (κ1) is 14.9. The van der Waals surface area contributed by atoms with E-state index in [0.29, 0.717) is 0 Å². The first-order valence-electron chi connectivity index (χ1n) is 7.33. The lowest BCUT2D eigenvalue weighted by Gasteiger charge is -2.12. The molecule has 1 unspecified atom stereocenters. The van der Waals surface area contributed by atoms with Crippen molar-refractivity contribution in [2.24, 2.45) is 0 Å². The molecule has 23 heavy (non-hydrogen) atoms. The van der Waals surface area contributed by atoms with Gasteiger partial charge in [-0.05, 0) is 47.5 Å². The third-order valence-electron chi connectivity index (χ3n) is 3.56. The molecule has 0 bridgehead atoms. The van der Waals surface area contributed by atoms with Gasteiger partial charge in [-0.25, -0.2) is 4.39 Å². The van der Waals surface area contributed by atoms with E-state index < -0.39 is 0 Å². The molecule has 0 fully saturated rings. The van der Waals surface area contributed by atoms with E-state index in [1.807, 2.05) is 42.5 Å². The Hall–Kier alpha value is -3.05.